The fraction of sp³-hybridized carbons (Fsp3) is 0.538. The van der Waals surface area contributed by atoms with Gasteiger partial charge in [-0.05, 0) is 38.1 Å². The Hall–Kier alpha value is -1.42. The lowest BCUT2D eigenvalue weighted by Crippen LogP contribution is -2.33. The second kappa shape index (κ2) is 7.01. The molecule has 1 aromatic heterocycles. The van der Waals surface area contributed by atoms with Gasteiger partial charge in [0.1, 0.15) is 0 Å². The van der Waals surface area contributed by atoms with E-state index in [0.29, 0.717) is 18.9 Å². The van der Waals surface area contributed by atoms with Gasteiger partial charge in [0.25, 0.3) is 0 Å². The topological polar surface area (TPSA) is 54.0 Å². The molecule has 1 amide bonds. The molecule has 0 saturated carbocycles. The molecule has 1 aromatic rings. The Morgan fingerprint density at radius 2 is 2.24 bits per heavy atom. The van der Waals surface area contributed by atoms with Crippen LogP contribution in [0.3, 0.4) is 0 Å². The summed E-state index contributed by atoms with van der Waals surface area (Å²) in [5.41, 5.74) is 1.91. The maximum absolute atomic E-state index is 11.7. The number of aromatic nitrogens is 1. The van der Waals surface area contributed by atoms with E-state index in [1.807, 2.05) is 26.1 Å². The van der Waals surface area contributed by atoms with Crippen LogP contribution in [0.25, 0.3) is 0 Å². The van der Waals surface area contributed by atoms with Crippen LogP contribution in [0, 0.1) is 12.8 Å². The monoisotopic (exact) mass is 235 g/mol. The van der Waals surface area contributed by atoms with E-state index in [-0.39, 0.29) is 5.91 Å². The van der Waals surface area contributed by atoms with Gasteiger partial charge in [0.2, 0.25) is 5.91 Å². The van der Waals surface area contributed by atoms with E-state index in [9.17, 15) is 4.79 Å². The van der Waals surface area contributed by atoms with E-state index in [0.717, 1.165) is 17.8 Å². The standard InChI is InChI=1S/C13H21N3O/c1-10(8-14-3)9-16-13(17)7-12-11(2)5-4-6-15-12/h4-6,10,14H,7-9H2,1-3H3,(H,16,17). The summed E-state index contributed by atoms with van der Waals surface area (Å²) in [7, 11) is 1.91. The fourth-order valence-electron chi connectivity index (χ4n) is 1.63. The Balaban J connectivity index is 2.37. The van der Waals surface area contributed by atoms with Crippen LogP contribution in [0.4, 0.5) is 0 Å². The summed E-state index contributed by atoms with van der Waals surface area (Å²) < 4.78 is 0. The molecule has 0 aliphatic rings. The zero-order valence-corrected chi connectivity index (χ0v) is 10.8. The summed E-state index contributed by atoms with van der Waals surface area (Å²) in [6.45, 7) is 5.68. The third-order valence-electron chi connectivity index (χ3n) is 2.65. The lowest BCUT2D eigenvalue weighted by Gasteiger charge is -2.12. The number of nitrogens with one attached hydrogen (secondary N) is 2. The van der Waals surface area contributed by atoms with Crippen molar-refractivity contribution in [3.63, 3.8) is 0 Å². The van der Waals surface area contributed by atoms with Crippen LogP contribution in [-0.4, -0.2) is 31.0 Å². The van der Waals surface area contributed by atoms with Crippen LogP contribution in [0.5, 0.6) is 0 Å². The number of pyridine rings is 1. The molecule has 0 aromatic carbocycles. The first-order valence-electron chi connectivity index (χ1n) is 5.95. The summed E-state index contributed by atoms with van der Waals surface area (Å²) >= 11 is 0. The van der Waals surface area contributed by atoms with Gasteiger partial charge < -0.3 is 10.6 Å². The molecule has 17 heavy (non-hydrogen) atoms. The molecular formula is C13H21N3O. The highest BCUT2D eigenvalue weighted by Gasteiger charge is 2.08. The second-order valence-electron chi connectivity index (χ2n) is 4.41. The molecule has 1 heterocycles. The summed E-state index contributed by atoms with van der Waals surface area (Å²) in [5, 5.41) is 6.01. The molecule has 0 fully saturated rings. The van der Waals surface area contributed by atoms with Crippen molar-refractivity contribution in [1.29, 1.82) is 0 Å². The summed E-state index contributed by atoms with van der Waals surface area (Å²) in [6, 6.07) is 3.85. The highest BCUT2D eigenvalue weighted by molar-refractivity contribution is 5.78. The van der Waals surface area contributed by atoms with Gasteiger partial charge >= 0.3 is 0 Å². The van der Waals surface area contributed by atoms with Crippen LogP contribution in [-0.2, 0) is 11.2 Å². The zero-order chi connectivity index (χ0) is 12.7. The van der Waals surface area contributed by atoms with Crippen molar-refractivity contribution < 1.29 is 4.79 Å². The molecule has 1 atom stereocenters. The first kappa shape index (κ1) is 13.6. The molecule has 4 nitrogen and oxygen atoms in total. The molecule has 2 N–H and O–H groups in total. The first-order valence-corrected chi connectivity index (χ1v) is 5.95. The third-order valence-corrected chi connectivity index (χ3v) is 2.65. The first-order chi connectivity index (χ1) is 8.13. The highest BCUT2D eigenvalue weighted by Crippen LogP contribution is 2.03. The Morgan fingerprint density at radius 1 is 1.47 bits per heavy atom. The van der Waals surface area contributed by atoms with Crippen LogP contribution in [0.1, 0.15) is 18.2 Å². The van der Waals surface area contributed by atoms with Gasteiger partial charge in [-0.1, -0.05) is 13.0 Å². The molecule has 0 saturated heterocycles. The molecule has 0 bridgehead atoms. The smallest absolute Gasteiger partial charge is 0.226 e. The number of hydrogen-bond acceptors (Lipinski definition) is 3. The Kier molecular flexibility index (Phi) is 5.63. The van der Waals surface area contributed by atoms with Gasteiger partial charge in [-0.25, -0.2) is 0 Å². The van der Waals surface area contributed by atoms with Crippen molar-refractivity contribution in [2.45, 2.75) is 20.3 Å². The van der Waals surface area contributed by atoms with Gasteiger partial charge in [0.15, 0.2) is 0 Å². The number of nitrogens with zero attached hydrogens (tertiary/aromatic N) is 1. The second-order valence-corrected chi connectivity index (χ2v) is 4.41. The number of carbonyl (C=O) groups excluding carboxylic acids is 1. The van der Waals surface area contributed by atoms with E-state index in [1.54, 1.807) is 6.20 Å². The maximum Gasteiger partial charge on any atom is 0.226 e. The molecule has 1 unspecified atom stereocenters. The Bertz CT molecular complexity index is 365. The normalized spacial score (nSPS) is 12.2. The largest absolute Gasteiger partial charge is 0.355 e. The van der Waals surface area contributed by atoms with Crippen LogP contribution >= 0.6 is 0 Å². The average molecular weight is 235 g/mol. The van der Waals surface area contributed by atoms with Gasteiger partial charge in [-0.2, -0.15) is 0 Å². The lowest BCUT2D eigenvalue weighted by atomic mass is 10.1. The minimum Gasteiger partial charge on any atom is -0.355 e. The number of amides is 1. The van der Waals surface area contributed by atoms with Crippen molar-refractivity contribution in [2.75, 3.05) is 20.1 Å². The van der Waals surface area contributed by atoms with Crippen molar-refractivity contribution in [3.8, 4) is 0 Å². The van der Waals surface area contributed by atoms with Crippen LogP contribution < -0.4 is 10.6 Å². The summed E-state index contributed by atoms with van der Waals surface area (Å²) in [5.74, 6) is 0.475. The van der Waals surface area contributed by atoms with Crippen molar-refractivity contribution >= 4 is 5.91 Å². The predicted octanol–water partition coefficient (Wildman–Crippen LogP) is 0.904. The van der Waals surface area contributed by atoms with Crippen molar-refractivity contribution in [2.24, 2.45) is 5.92 Å². The molecule has 4 heteroatoms. The van der Waals surface area contributed by atoms with Gasteiger partial charge in [-0.3, -0.25) is 9.78 Å². The SMILES string of the molecule is CNCC(C)CNC(=O)Cc1ncccc1C. The van der Waals surface area contributed by atoms with E-state index in [1.165, 1.54) is 0 Å². The summed E-state index contributed by atoms with van der Waals surface area (Å²) in [6.07, 6.45) is 2.08. The average Bonchev–Trinajstić information content (AvgIpc) is 2.30. The Morgan fingerprint density at radius 3 is 2.88 bits per heavy atom. The van der Waals surface area contributed by atoms with Gasteiger partial charge in [0, 0.05) is 12.7 Å². The van der Waals surface area contributed by atoms with Crippen molar-refractivity contribution in [3.05, 3.63) is 29.6 Å². The number of aryl methyl sites for hydroxylation is 1. The lowest BCUT2D eigenvalue weighted by molar-refractivity contribution is -0.120. The van der Waals surface area contributed by atoms with Crippen LogP contribution in [0.15, 0.2) is 18.3 Å². The molecule has 1 rings (SSSR count). The predicted molar refractivity (Wildman–Crippen MR) is 68.8 cm³/mol. The van der Waals surface area contributed by atoms with Gasteiger partial charge in [-0.15, -0.1) is 0 Å². The molecule has 0 aliphatic carbocycles. The van der Waals surface area contributed by atoms with Gasteiger partial charge in [0.05, 0.1) is 12.1 Å². The summed E-state index contributed by atoms with van der Waals surface area (Å²) in [4.78, 5) is 15.9. The minimum atomic E-state index is 0.0368. The molecular weight excluding hydrogens is 214 g/mol. The van der Waals surface area contributed by atoms with E-state index in [4.69, 9.17) is 0 Å². The molecule has 0 radical (unpaired) electrons. The number of rotatable bonds is 6. The van der Waals surface area contributed by atoms with E-state index >= 15 is 0 Å². The zero-order valence-electron chi connectivity index (χ0n) is 10.8. The molecule has 0 spiro atoms. The van der Waals surface area contributed by atoms with E-state index < -0.39 is 0 Å². The molecule has 0 aliphatic heterocycles. The Labute approximate surface area is 103 Å². The van der Waals surface area contributed by atoms with E-state index in [2.05, 4.69) is 22.5 Å². The highest BCUT2D eigenvalue weighted by atomic mass is 16.1. The quantitative estimate of drug-likeness (QED) is 0.770. The van der Waals surface area contributed by atoms with Crippen molar-refractivity contribution in [1.82, 2.24) is 15.6 Å². The fourth-order valence-corrected chi connectivity index (χ4v) is 1.63. The molecule has 94 valence electrons. The minimum absolute atomic E-state index is 0.0368. The number of carbonyl (C=O) groups is 1. The van der Waals surface area contributed by atoms with Crippen LogP contribution in [0.2, 0.25) is 0 Å². The maximum atomic E-state index is 11.7. The number of hydrogen-bond donors (Lipinski definition) is 2. The third kappa shape index (κ3) is 4.95.